The fourth-order valence-electron chi connectivity index (χ4n) is 2.41. The van der Waals surface area contributed by atoms with Gasteiger partial charge in [-0.15, -0.1) is 0 Å². The molecule has 0 saturated carbocycles. The van der Waals surface area contributed by atoms with Gasteiger partial charge < -0.3 is 0 Å². The summed E-state index contributed by atoms with van der Waals surface area (Å²) >= 11 is 3.53. The van der Waals surface area contributed by atoms with Crippen molar-refractivity contribution in [2.75, 3.05) is 0 Å². The van der Waals surface area contributed by atoms with Crippen LogP contribution in [0.1, 0.15) is 37.3 Å². The zero-order chi connectivity index (χ0) is 15.5. The monoisotopic (exact) mass is 365 g/mol. The molecule has 2 atom stereocenters. The zero-order valence-electron chi connectivity index (χ0n) is 12.3. The first-order chi connectivity index (χ1) is 9.90. The Morgan fingerprint density at radius 1 is 1.10 bits per heavy atom. The van der Waals surface area contributed by atoms with E-state index in [1.54, 1.807) is 0 Å². The molecule has 0 aliphatic carbocycles. The second-order valence-corrected chi connectivity index (χ2v) is 8.40. The molecular formula is C17H20BrNOS. The Hall–Kier alpha value is -0.970. The van der Waals surface area contributed by atoms with E-state index >= 15 is 0 Å². The largest absolute Gasteiger partial charge is 0.251 e. The molecule has 2 rings (SSSR count). The molecular weight excluding hydrogens is 346 g/mol. The number of halogens is 1. The molecule has 0 heterocycles. The first-order valence-electron chi connectivity index (χ1n) is 6.87. The van der Waals surface area contributed by atoms with Crippen molar-refractivity contribution in [2.45, 2.75) is 30.9 Å². The van der Waals surface area contributed by atoms with Crippen LogP contribution in [-0.2, 0) is 11.0 Å². The van der Waals surface area contributed by atoms with E-state index in [1.165, 1.54) is 11.1 Å². The lowest BCUT2D eigenvalue weighted by molar-refractivity contribution is 0.556. The zero-order valence-corrected chi connectivity index (χ0v) is 14.7. The molecule has 0 aromatic heterocycles. The van der Waals surface area contributed by atoms with Crippen LogP contribution in [-0.4, -0.2) is 8.96 Å². The Morgan fingerprint density at radius 2 is 1.71 bits per heavy atom. The molecule has 0 aliphatic heterocycles. The van der Waals surface area contributed by atoms with Crippen molar-refractivity contribution in [3.8, 4) is 0 Å². The van der Waals surface area contributed by atoms with Gasteiger partial charge in [-0.05, 0) is 43.5 Å². The number of hydrogen-bond donors (Lipinski definition) is 1. The lowest BCUT2D eigenvalue weighted by Crippen LogP contribution is -2.34. The molecule has 2 aromatic rings. The van der Waals surface area contributed by atoms with Crippen LogP contribution in [0.15, 0.2) is 59.1 Å². The van der Waals surface area contributed by atoms with Crippen LogP contribution in [0.5, 0.6) is 0 Å². The molecule has 0 aliphatic rings. The van der Waals surface area contributed by atoms with Crippen LogP contribution in [0.25, 0.3) is 0 Å². The standard InChI is InChI=1S/C17H20BrNOS/c1-17(2,21(19)20)12-16(13-7-4-3-5-8-13)14-9-6-10-15(18)11-14/h3-11,16H,12,19H2,1-2H3/t16-,21?/m1/s1. The molecule has 2 aromatic carbocycles. The molecule has 21 heavy (non-hydrogen) atoms. The summed E-state index contributed by atoms with van der Waals surface area (Å²) in [7, 11) is -1.36. The quantitative estimate of drug-likeness (QED) is 0.839. The smallest absolute Gasteiger partial charge is 0.0945 e. The minimum Gasteiger partial charge on any atom is -0.251 e. The van der Waals surface area contributed by atoms with E-state index in [0.29, 0.717) is 0 Å². The number of nitrogens with two attached hydrogens (primary N) is 1. The van der Waals surface area contributed by atoms with E-state index in [0.717, 1.165) is 10.9 Å². The lowest BCUT2D eigenvalue weighted by Gasteiger charge is -2.28. The molecule has 112 valence electrons. The van der Waals surface area contributed by atoms with Crippen LogP contribution in [0, 0.1) is 0 Å². The maximum Gasteiger partial charge on any atom is 0.0945 e. The third kappa shape index (κ3) is 4.25. The van der Waals surface area contributed by atoms with E-state index in [9.17, 15) is 4.21 Å². The second kappa shape index (κ2) is 6.86. The van der Waals surface area contributed by atoms with Crippen LogP contribution < -0.4 is 5.14 Å². The average Bonchev–Trinajstić information content (AvgIpc) is 2.45. The fraction of sp³-hybridized carbons (Fsp3) is 0.294. The Labute approximate surface area is 137 Å². The van der Waals surface area contributed by atoms with E-state index in [-0.39, 0.29) is 5.92 Å². The SMILES string of the molecule is CC(C)(C[C@H](c1ccccc1)c1cccc(Br)c1)S(N)=O. The Morgan fingerprint density at radius 3 is 2.29 bits per heavy atom. The van der Waals surface area contributed by atoms with Crippen molar-refractivity contribution >= 4 is 26.9 Å². The van der Waals surface area contributed by atoms with Gasteiger partial charge in [0.15, 0.2) is 0 Å². The van der Waals surface area contributed by atoms with Crippen LogP contribution in [0.2, 0.25) is 0 Å². The predicted octanol–water partition coefficient (Wildman–Crippen LogP) is 4.37. The summed E-state index contributed by atoms with van der Waals surface area (Å²) in [5.74, 6) is 0.172. The van der Waals surface area contributed by atoms with Gasteiger partial charge in [0.1, 0.15) is 0 Å². The summed E-state index contributed by atoms with van der Waals surface area (Å²) in [4.78, 5) is 0. The molecule has 4 heteroatoms. The highest BCUT2D eigenvalue weighted by Crippen LogP contribution is 2.35. The van der Waals surface area contributed by atoms with Crippen molar-refractivity contribution < 1.29 is 4.21 Å². The van der Waals surface area contributed by atoms with Crippen molar-refractivity contribution in [2.24, 2.45) is 5.14 Å². The number of rotatable bonds is 5. The maximum atomic E-state index is 11.8. The van der Waals surface area contributed by atoms with E-state index in [2.05, 4.69) is 40.2 Å². The van der Waals surface area contributed by atoms with Gasteiger partial charge >= 0.3 is 0 Å². The molecule has 0 saturated heterocycles. The van der Waals surface area contributed by atoms with E-state index in [4.69, 9.17) is 5.14 Å². The molecule has 0 spiro atoms. The summed E-state index contributed by atoms with van der Waals surface area (Å²) in [5, 5.41) is 5.67. The number of hydrogen-bond acceptors (Lipinski definition) is 1. The molecule has 0 radical (unpaired) electrons. The fourth-order valence-corrected chi connectivity index (χ4v) is 3.16. The van der Waals surface area contributed by atoms with Crippen molar-refractivity contribution in [1.82, 2.24) is 0 Å². The van der Waals surface area contributed by atoms with Gasteiger partial charge in [0, 0.05) is 10.4 Å². The van der Waals surface area contributed by atoms with Gasteiger partial charge in [-0.25, -0.2) is 4.21 Å². The molecule has 2 N–H and O–H groups in total. The topological polar surface area (TPSA) is 43.1 Å². The van der Waals surface area contributed by atoms with Gasteiger partial charge in [0.2, 0.25) is 0 Å². The highest BCUT2D eigenvalue weighted by molar-refractivity contribution is 9.10. The van der Waals surface area contributed by atoms with Crippen LogP contribution >= 0.6 is 15.9 Å². The third-order valence-corrected chi connectivity index (χ3v) is 5.44. The molecule has 1 unspecified atom stereocenters. The predicted molar refractivity (Wildman–Crippen MR) is 93.5 cm³/mol. The molecule has 2 nitrogen and oxygen atoms in total. The third-order valence-electron chi connectivity index (χ3n) is 3.69. The van der Waals surface area contributed by atoms with Gasteiger partial charge in [-0.3, -0.25) is 5.14 Å². The van der Waals surface area contributed by atoms with Crippen LogP contribution in [0.3, 0.4) is 0 Å². The van der Waals surface area contributed by atoms with Gasteiger partial charge in [-0.1, -0.05) is 58.4 Å². The van der Waals surface area contributed by atoms with Crippen LogP contribution in [0.4, 0.5) is 0 Å². The summed E-state index contributed by atoms with van der Waals surface area (Å²) in [6, 6.07) is 18.6. The first-order valence-corrected chi connectivity index (χ1v) is 8.87. The summed E-state index contributed by atoms with van der Waals surface area (Å²) < 4.78 is 12.4. The van der Waals surface area contributed by atoms with Gasteiger partial charge in [0.05, 0.1) is 15.7 Å². The lowest BCUT2D eigenvalue weighted by atomic mass is 9.84. The normalized spacial score (nSPS) is 14.7. The van der Waals surface area contributed by atoms with Crippen molar-refractivity contribution in [1.29, 1.82) is 0 Å². The molecule has 0 fully saturated rings. The van der Waals surface area contributed by atoms with Gasteiger partial charge in [0.25, 0.3) is 0 Å². The van der Waals surface area contributed by atoms with Crippen molar-refractivity contribution in [3.05, 3.63) is 70.2 Å². The second-order valence-electron chi connectivity index (χ2n) is 5.78. The van der Waals surface area contributed by atoms with E-state index in [1.807, 2.05) is 44.2 Å². The minimum atomic E-state index is -1.36. The van der Waals surface area contributed by atoms with Gasteiger partial charge in [-0.2, -0.15) is 0 Å². The highest BCUT2D eigenvalue weighted by Gasteiger charge is 2.29. The summed E-state index contributed by atoms with van der Waals surface area (Å²) in [6.07, 6.45) is 0.733. The Kier molecular flexibility index (Phi) is 5.36. The highest BCUT2D eigenvalue weighted by atomic mass is 79.9. The minimum absolute atomic E-state index is 0.172. The molecule has 0 bridgehead atoms. The summed E-state index contributed by atoms with van der Waals surface area (Å²) in [5.41, 5.74) is 2.42. The Balaban J connectivity index is 2.43. The van der Waals surface area contributed by atoms with Crippen molar-refractivity contribution in [3.63, 3.8) is 0 Å². The molecule has 0 amide bonds. The summed E-state index contributed by atoms with van der Waals surface area (Å²) in [6.45, 7) is 3.91. The Bertz CT molecular complexity index is 628. The maximum absolute atomic E-state index is 11.8. The van der Waals surface area contributed by atoms with E-state index < -0.39 is 15.7 Å². The number of benzene rings is 2. The first kappa shape index (κ1) is 16.4. The average molecular weight is 366 g/mol.